The smallest absolute Gasteiger partial charge is 0.125 e. The molecule has 0 amide bonds. The third kappa shape index (κ3) is 2.28. The molecule has 96 valence electrons. The van der Waals surface area contributed by atoms with Crippen molar-refractivity contribution in [3.63, 3.8) is 0 Å². The van der Waals surface area contributed by atoms with Crippen molar-refractivity contribution in [3.05, 3.63) is 23.6 Å². The molecule has 0 radical (unpaired) electrons. The van der Waals surface area contributed by atoms with Crippen molar-refractivity contribution in [1.29, 1.82) is 0 Å². The Morgan fingerprint density at radius 3 is 3.00 bits per heavy atom. The Kier molecular flexibility index (Phi) is 3.34. The molecule has 3 rings (SSSR count). The van der Waals surface area contributed by atoms with Gasteiger partial charge in [0.15, 0.2) is 0 Å². The Bertz CT molecular complexity index is 502. The molecule has 1 saturated carbocycles. The summed E-state index contributed by atoms with van der Waals surface area (Å²) in [5.41, 5.74) is 0.986. The lowest BCUT2D eigenvalue weighted by atomic mass is 9.93. The highest BCUT2D eigenvalue weighted by molar-refractivity contribution is 7.13. The number of aliphatic hydroxyl groups is 1. The van der Waals surface area contributed by atoms with Gasteiger partial charge in [0, 0.05) is 12.1 Å². The van der Waals surface area contributed by atoms with Crippen LogP contribution in [0.4, 0.5) is 5.82 Å². The highest BCUT2D eigenvalue weighted by Crippen LogP contribution is 2.28. The lowest BCUT2D eigenvalue weighted by Crippen LogP contribution is -2.28. The van der Waals surface area contributed by atoms with Crippen molar-refractivity contribution in [2.45, 2.75) is 31.8 Å². The molecule has 5 heteroatoms. The lowest BCUT2D eigenvalue weighted by Gasteiger charge is -2.27. The summed E-state index contributed by atoms with van der Waals surface area (Å²) in [6.07, 6.45) is 3.78. The first-order valence-corrected chi connectivity index (χ1v) is 7.24. The van der Waals surface area contributed by atoms with Crippen LogP contribution in [0.5, 0.6) is 0 Å². The molecule has 0 unspecified atom stereocenters. The van der Waals surface area contributed by atoms with Crippen LogP contribution in [0.1, 0.15) is 19.3 Å². The van der Waals surface area contributed by atoms with Crippen LogP contribution in [0.3, 0.4) is 0 Å². The maximum Gasteiger partial charge on any atom is 0.125 e. The van der Waals surface area contributed by atoms with E-state index in [-0.39, 0.29) is 6.61 Å². The Labute approximate surface area is 110 Å². The average Bonchev–Trinajstić information content (AvgIpc) is 2.92. The monoisotopic (exact) mass is 263 g/mol. The molecule has 18 heavy (non-hydrogen) atoms. The van der Waals surface area contributed by atoms with Gasteiger partial charge < -0.3 is 10.4 Å². The van der Waals surface area contributed by atoms with Gasteiger partial charge in [0.05, 0.1) is 18.0 Å². The minimum Gasteiger partial charge on any atom is -0.394 e. The molecule has 2 N–H and O–H groups in total. The van der Waals surface area contributed by atoms with Gasteiger partial charge in [-0.1, -0.05) is 6.07 Å². The van der Waals surface area contributed by atoms with E-state index in [0.29, 0.717) is 12.6 Å². The van der Waals surface area contributed by atoms with Crippen LogP contribution in [0.15, 0.2) is 23.6 Å². The fourth-order valence-electron chi connectivity index (χ4n) is 2.10. The van der Waals surface area contributed by atoms with Gasteiger partial charge >= 0.3 is 0 Å². The molecule has 0 aromatic carbocycles. The first kappa shape index (κ1) is 11.7. The van der Waals surface area contributed by atoms with Crippen LogP contribution in [-0.4, -0.2) is 27.5 Å². The molecule has 0 atom stereocenters. The van der Waals surface area contributed by atoms with Crippen molar-refractivity contribution in [1.82, 2.24) is 9.78 Å². The third-order valence-electron chi connectivity index (χ3n) is 3.32. The van der Waals surface area contributed by atoms with Crippen molar-refractivity contribution in [3.8, 4) is 10.6 Å². The number of rotatable bonds is 5. The van der Waals surface area contributed by atoms with Crippen LogP contribution in [0.25, 0.3) is 10.6 Å². The van der Waals surface area contributed by atoms with Crippen LogP contribution < -0.4 is 5.32 Å². The average molecular weight is 263 g/mol. The molecule has 1 fully saturated rings. The first-order chi connectivity index (χ1) is 8.86. The second-order valence-corrected chi connectivity index (χ2v) is 5.56. The maximum absolute atomic E-state index is 9.10. The van der Waals surface area contributed by atoms with Crippen LogP contribution >= 0.6 is 11.3 Å². The summed E-state index contributed by atoms with van der Waals surface area (Å²) in [7, 11) is 0. The van der Waals surface area contributed by atoms with Gasteiger partial charge in [-0.2, -0.15) is 5.10 Å². The highest BCUT2D eigenvalue weighted by atomic mass is 32.1. The molecule has 2 aromatic rings. The van der Waals surface area contributed by atoms with E-state index in [9.17, 15) is 0 Å². The van der Waals surface area contributed by atoms with Gasteiger partial charge in [0.2, 0.25) is 0 Å². The standard InChI is InChI=1S/C13H17N3OS/c17-7-6-16-13(14-10-3-1-4-10)9-11(15-16)12-5-2-8-18-12/h2,5,8-10,14,17H,1,3-4,6-7H2. The van der Waals surface area contributed by atoms with Crippen molar-refractivity contribution in [2.75, 3.05) is 11.9 Å². The Morgan fingerprint density at radius 2 is 2.39 bits per heavy atom. The lowest BCUT2D eigenvalue weighted by molar-refractivity contribution is 0.270. The molecule has 1 aliphatic rings. The fraction of sp³-hybridized carbons (Fsp3) is 0.462. The van der Waals surface area contributed by atoms with Crippen LogP contribution in [-0.2, 0) is 6.54 Å². The zero-order valence-electron chi connectivity index (χ0n) is 10.2. The minimum atomic E-state index is 0.116. The van der Waals surface area contributed by atoms with Crippen molar-refractivity contribution >= 4 is 17.2 Å². The molecule has 0 aliphatic heterocycles. The predicted octanol–water partition coefficient (Wildman–Crippen LogP) is 2.57. The van der Waals surface area contributed by atoms with E-state index in [2.05, 4.69) is 27.9 Å². The molecule has 0 spiro atoms. The first-order valence-electron chi connectivity index (χ1n) is 6.36. The molecule has 2 aromatic heterocycles. The summed E-state index contributed by atoms with van der Waals surface area (Å²) < 4.78 is 1.87. The molecule has 1 aliphatic carbocycles. The minimum absolute atomic E-state index is 0.116. The van der Waals surface area contributed by atoms with Crippen LogP contribution in [0.2, 0.25) is 0 Å². The van der Waals surface area contributed by atoms with E-state index in [0.717, 1.165) is 11.5 Å². The fourth-order valence-corrected chi connectivity index (χ4v) is 2.79. The predicted molar refractivity (Wildman–Crippen MR) is 73.9 cm³/mol. The topological polar surface area (TPSA) is 50.1 Å². The largest absolute Gasteiger partial charge is 0.394 e. The zero-order valence-corrected chi connectivity index (χ0v) is 11.0. The summed E-state index contributed by atoms with van der Waals surface area (Å²) in [5.74, 6) is 1.03. The van der Waals surface area contributed by atoms with Crippen LogP contribution in [0, 0.1) is 0 Å². The van der Waals surface area contributed by atoms with E-state index in [1.807, 2.05) is 10.7 Å². The zero-order chi connectivity index (χ0) is 12.4. The van der Waals surface area contributed by atoms with E-state index < -0.39 is 0 Å². The number of nitrogens with one attached hydrogen (secondary N) is 1. The summed E-state index contributed by atoms with van der Waals surface area (Å²) in [4.78, 5) is 1.17. The van der Waals surface area contributed by atoms with E-state index in [1.165, 1.54) is 24.1 Å². The number of hydrogen-bond acceptors (Lipinski definition) is 4. The quantitative estimate of drug-likeness (QED) is 0.871. The van der Waals surface area contributed by atoms with E-state index in [4.69, 9.17) is 5.11 Å². The summed E-state index contributed by atoms with van der Waals surface area (Å²) in [6, 6.07) is 6.77. The van der Waals surface area contributed by atoms with Gasteiger partial charge in [0.1, 0.15) is 11.5 Å². The van der Waals surface area contributed by atoms with E-state index in [1.54, 1.807) is 11.3 Å². The molecule has 0 bridgehead atoms. The molecule has 0 saturated heterocycles. The van der Waals surface area contributed by atoms with Gasteiger partial charge in [0.25, 0.3) is 0 Å². The molecule has 2 heterocycles. The normalized spacial score (nSPS) is 15.6. The SMILES string of the molecule is OCCn1nc(-c2cccs2)cc1NC1CCC1. The Hall–Kier alpha value is -1.33. The van der Waals surface area contributed by atoms with Gasteiger partial charge in [-0.25, -0.2) is 4.68 Å². The second kappa shape index (κ2) is 5.12. The number of aromatic nitrogens is 2. The number of thiophene rings is 1. The summed E-state index contributed by atoms with van der Waals surface area (Å²) >= 11 is 1.69. The summed E-state index contributed by atoms with van der Waals surface area (Å²) in [5, 5.41) is 19.2. The van der Waals surface area contributed by atoms with Gasteiger partial charge in [-0.05, 0) is 30.7 Å². The number of hydrogen-bond donors (Lipinski definition) is 2. The van der Waals surface area contributed by atoms with Crippen molar-refractivity contribution < 1.29 is 5.11 Å². The second-order valence-electron chi connectivity index (χ2n) is 4.61. The molecule has 4 nitrogen and oxygen atoms in total. The van der Waals surface area contributed by atoms with Crippen molar-refractivity contribution in [2.24, 2.45) is 0 Å². The third-order valence-corrected chi connectivity index (χ3v) is 4.21. The number of nitrogens with zero attached hydrogens (tertiary/aromatic N) is 2. The Balaban J connectivity index is 1.85. The summed E-state index contributed by atoms with van der Waals surface area (Å²) in [6.45, 7) is 0.658. The Morgan fingerprint density at radius 1 is 1.50 bits per heavy atom. The number of aliphatic hydroxyl groups excluding tert-OH is 1. The number of anilines is 1. The maximum atomic E-state index is 9.10. The van der Waals surface area contributed by atoms with Gasteiger partial charge in [-0.3, -0.25) is 0 Å². The highest BCUT2D eigenvalue weighted by Gasteiger charge is 2.19. The molecular formula is C13H17N3OS. The van der Waals surface area contributed by atoms with E-state index >= 15 is 0 Å². The molecular weight excluding hydrogens is 246 g/mol. The van der Waals surface area contributed by atoms with Gasteiger partial charge in [-0.15, -0.1) is 11.3 Å².